The standard InChI is InChI=1S/C14H22N2O3S/c1-3-10(2)11-8-12(19-16-11)13(17)15-9-14(18)4-6-20-7-5-14/h8,10,18H,3-7,9H2,1-2H3,(H,15,17). The van der Waals surface area contributed by atoms with E-state index in [9.17, 15) is 9.90 Å². The van der Waals surface area contributed by atoms with Gasteiger partial charge in [0, 0.05) is 18.5 Å². The van der Waals surface area contributed by atoms with Crippen molar-refractivity contribution < 1.29 is 14.4 Å². The third-order valence-electron chi connectivity index (χ3n) is 3.87. The van der Waals surface area contributed by atoms with Gasteiger partial charge in [0.25, 0.3) is 5.91 Å². The highest BCUT2D eigenvalue weighted by molar-refractivity contribution is 7.99. The van der Waals surface area contributed by atoms with Gasteiger partial charge in [-0.1, -0.05) is 19.0 Å². The first kappa shape index (κ1) is 15.4. The molecule has 1 aromatic rings. The smallest absolute Gasteiger partial charge is 0.290 e. The summed E-state index contributed by atoms with van der Waals surface area (Å²) in [7, 11) is 0. The van der Waals surface area contributed by atoms with E-state index < -0.39 is 5.60 Å². The van der Waals surface area contributed by atoms with E-state index in [2.05, 4.69) is 17.4 Å². The lowest BCUT2D eigenvalue weighted by Crippen LogP contribution is -2.45. The highest BCUT2D eigenvalue weighted by Crippen LogP contribution is 2.26. The molecule has 112 valence electrons. The quantitative estimate of drug-likeness (QED) is 0.871. The van der Waals surface area contributed by atoms with Crippen molar-refractivity contribution in [2.75, 3.05) is 18.1 Å². The molecule has 1 fully saturated rings. The van der Waals surface area contributed by atoms with E-state index in [-0.39, 0.29) is 24.1 Å². The average Bonchev–Trinajstić information content (AvgIpc) is 2.94. The van der Waals surface area contributed by atoms with Crippen molar-refractivity contribution >= 4 is 17.7 Å². The number of rotatable bonds is 5. The first-order valence-corrected chi connectivity index (χ1v) is 8.24. The number of hydrogen-bond acceptors (Lipinski definition) is 5. The van der Waals surface area contributed by atoms with Gasteiger partial charge in [-0.15, -0.1) is 0 Å². The van der Waals surface area contributed by atoms with Crippen LogP contribution in [0.4, 0.5) is 0 Å². The SMILES string of the molecule is CCC(C)c1cc(C(=O)NCC2(O)CCSCC2)on1. The minimum absolute atomic E-state index is 0.217. The predicted molar refractivity (Wildman–Crippen MR) is 79.1 cm³/mol. The molecule has 2 N–H and O–H groups in total. The largest absolute Gasteiger partial charge is 0.388 e. The maximum atomic E-state index is 12.0. The lowest BCUT2D eigenvalue weighted by Gasteiger charge is -2.31. The molecule has 1 saturated heterocycles. The number of thioether (sulfide) groups is 1. The molecule has 0 aliphatic carbocycles. The monoisotopic (exact) mass is 298 g/mol. The Balaban J connectivity index is 1.89. The molecular formula is C14H22N2O3S. The molecule has 0 radical (unpaired) electrons. The first-order valence-electron chi connectivity index (χ1n) is 7.09. The second-order valence-corrected chi connectivity index (χ2v) is 6.67. The number of aliphatic hydroxyl groups is 1. The zero-order chi connectivity index (χ0) is 14.6. The molecule has 1 aliphatic heterocycles. The molecule has 1 atom stereocenters. The van der Waals surface area contributed by atoms with Gasteiger partial charge in [-0.05, 0) is 30.8 Å². The fraction of sp³-hybridized carbons (Fsp3) is 0.714. The summed E-state index contributed by atoms with van der Waals surface area (Å²) >= 11 is 1.84. The Kier molecular flexibility index (Phi) is 5.10. The molecule has 5 nitrogen and oxygen atoms in total. The fourth-order valence-corrected chi connectivity index (χ4v) is 3.35. The molecule has 0 aromatic carbocycles. The number of amides is 1. The van der Waals surface area contributed by atoms with Gasteiger partial charge < -0.3 is 14.9 Å². The molecule has 0 bridgehead atoms. The second-order valence-electron chi connectivity index (χ2n) is 5.44. The summed E-state index contributed by atoms with van der Waals surface area (Å²) in [6.07, 6.45) is 2.38. The van der Waals surface area contributed by atoms with E-state index in [1.807, 2.05) is 18.7 Å². The van der Waals surface area contributed by atoms with Crippen LogP contribution in [0.3, 0.4) is 0 Å². The van der Waals surface area contributed by atoms with Gasteiger partial charge in [0.05, 0.1) is 11.3 Å². The normalized spacial score (nSPS) is 19.6. The molecule has 2 heterocycles. The van der Waals surface area contributed by atoms with Crippen molar-refractivity contribution in [2.45, 2.75) is 44.6 Å². The van der Waals surface area contributed by atoms with Gasteiger partial charge >= 0.3 is 0 Å². The summed E-state index contributed by atoms with van der Waals surface area (Å²) in [5.74, 6) is 2.06. The molecule has 1 amide bonds. The summed E-state index contributed by atoms with van der Waals surface area (Å²) in [6.45, 7) is 4.38. The second kappa shape index (κ2) is 6.63. The van der Waals surface area contributed by atoms with Gasteiger partial charge in [0.15, 0.2) is 0 Å². The lowest BCUT2D eigenvalue weighted by molar-refractivity contribution is 0.0306. The van der Waals surface area contributed by atoms with Crippen LogP contribution in [0.25, 0.3) is 0 Å². The predicted octanol–water partition coefficient (Wildman–Crippen LogP) is 2.18. The Bertz CT molecular complexity index is 455. The van der Waals surface area contributed by atoms with Crippen molar-refractivity contribution in [1.29, 1.82) is 0 Å². The molecule has 20 heavy (non-hydrogen) atoms. The molecule has 0 saturated carbocycles. The van der Waals surface area contributed by atoms with Crippen LogP contribution in [0.5, 0.6) is 0 Å². The van der Waals surface area contributed by atoms with Crippen LogP contribution in [0.2, 0.25) is 0 Å². The van der Waals surface area contributed by atoms with Crippen LogP contribution in [-0.4, -0.2) is 39.8 Å². The van der Waals surface area contributed by atoms with E-state index >= 15 is 0 Å². The van der Waals surface area contributed by atoms with Crippen molar-refractivity contribution in [2.24, 2.45) is 0 Å². The minimum Gasteiger partial charge on any atom is -0.388 e. The summed E-state index contributed by atoms with van der Waals surface area (Å²) in [5.41, 5.74) is 0.0194. The lowest BCUT2D eigenvalue weighted by atomic mass is 9.97. The van der Waals surface area contributed by atoms with Crippen LogP contribution in [-0.2, 0) is 0 Å². The molecule has 1 aliphatic rings. The third kappa shape index (κ3) is 3.76. The van der Waals surface area contributed by atoms with Gasteiger partial charge in [-0.3, -0.25) is 4.79 Å². The van der Waals surface area contributed by atoms with Crippen LogP contribution in [0.1, 0.15) is 55.3 Å². The Morgan fingerprint density at radius 1 is 1.60 bits per heavy atom. The Labute approximate surface area is 123 Å². The summed E-state index contributed by atoms with van der Waals surface area (Å²) in [4.78, 5) is 12.0. The average molecular weight is 298 g/mol. The highest BCUT2D eigenvalue weighted by Gasteiger charge is 2.30. The number of nitrogens with zero attached hydrogens (tertiary/aromatic N) is 1. The number of carbonyl (C=O) groups excluding carboxylic acids is 1. The molecule has 0 spiro atoms. The third-order valence-corrected chi connectivity index (χ3v) is 4.86. The number of hydrogen-bond donors (Lipinski definition) is 2. The molecule has 1 aromatic heterocycles. The van der Waals surface area contributed by atoms with E-state index in [4.69, 9.17) is 4.52 Å². The van der Waals surface area contributed by atoms with E-state index in [1.54, 1.807) is 6.07 Å². The summed E-state index contributed by atoms with van der Waals surface area (Å²) in [5, 5.41) is 17.0. The Morgan fingerprint density at radius 3 is 2.95 bits per heavy atom. The highest BCUT2D eigenvalue weighted by atomic mass is 32.2. The Morgan fingerprint density at radius 2 is 2.30 bits per heavy atom. The van der Waals surface area contributed by atoms with Crippen molar-refractivity contribution in [3.8, 4) is 0 Å². The zero-order valence-corrected chi connectivity index (χ0v) is 12.8. The number of nitrogens with one attached hydrogen (secondary N) is 1. The minimum atomic E-state index is -0.777. The summed E-state index contributed by atoms with van der Waals surface area (Å²) < 4.78 is 5.07. The van der Waals surface area contributed by atoms with E-state index in [1.165, 1.54) is 0 Å². The van der Waals surface area contributed by atoms with Crippen LogP contribution in [0.15, 0.2) is 10.6 Å². The van der Waals surface area contributed by atoms with E-state index in [0.29, 0.717) is 12.8 Å². The van der Waals surface area contributed by atoms with Crippen LogP contribution < -0.4 is 5.32 Å². The maximum Gasteiger partial charge on any atom is 0.290 e. The van der Waals surface area contributed by atoms with Crippen molar-refractivity contribution in [3.63, 3.8) is 0 Å². The van der Waals surface area contributed by atoms with E-state index in [0.717, 1.165) is 23.6 Å². The van der Waals surface area contributed by atoms with Gasteiger partial charge in [0.2, 0.25) is 5.76 Å². The van der Waals surface area contributed by atoms with Crippen molar-refractivity contribution in [3.05, 3.63) is 17.5 Å². The summed E-state index contributed by atoms with van der Waals surface area (Å²) in [6, 6.07) is 1.68. The molecular weight excluding hydrogens is 276 g/mol. The number of aromatic nitrogens is 1. The van der Waals surface area contributed by atoms with Crippen LogP contribution >= 0.6 is 11.8 Å². The van der Waals surface area contributed by atoms with Crippen LogP contribution in [0, 0.1) is 0 Å². The number of carbonyl (C=O) groups is 1. The zero-order valence-electron chi connectivity index (χ0n) is 12.0. The Hall–Kier alpha value is -1.01. The van der Waals surface area contributed by atoms with Crippen molar-refractivity contribution in [1.82, 2.24) is 10.5 Å². The fourth-order valence-electron chi connectivity index (χ4n) is 2.10. The maximum absolute atomic E-state index is 12.0. The first-order chi connectivity index (χ1) is 9.54. The van der Waals surface area contributed by atoms with Gasteiger partial charge in [-0.2, -0.15) is 11.8 Å². The van der Waals surface area contributed by atoms with Gasteiger partial charge in [-0.25, -0.2) is 0 Å². The molecule has 2 rings (SSSR count). The topological polar surface area (TPSA) is 75.4 Å². The molecule has 1 unspecified atom stereocenters. The van der Waals surface area contributed by atoms with Gasteiger partial charge in [0.1, 0.15) is 0 Å². The molecule has 6 heteroatoms.